The lowest BCUT2D eigenvalue weighted by Crippen LogP contribution is -2.52. The van der Waals surface area contributed by atoms with E-state index in [2.05, 4.69) is 0 Å². The Morgan fingerprint density at radius 1 is 0.846 bits per heavy atom. The number of carbonyl (C=O) groups excluding carboxylic acids is 4. The van der Waals surface area contributed by atoms with Crippen molar-refractivity contribution >= 4 is 35.5 Å². The Bertz CT molecular complexity index is 1260. The van der Waals surface area contributed by atoms with Gasteiger partial charge in [-0.1, -0.05) is 0 Å². The van der Waals surface area contributed by atoms with E-state index >= 15 is 0 Å². The topological polar surface area (TPSA) is 198 Å². The molecule has 0 spiro atoms. The first kappa shape index (κ1) is 28.3. The van der Waals surface area contributed by atoms with Gasteiger partial charge in [0.2, 0.25) is 0 Å². The van der Waals surface area contributed by atoms with Gasteiger partial charge >= 0.3 is 24.1 Å². The SMILES string of the molecule is COC(=O)C1C(OC(C)=O)CN(C(=O)OCc2ccc([N+](=O)[O-])cc2)N1C(=O)OCc1ccc([N+](=O)[O-])cc1. The average molecular weight is 546 g/mol. The summed E-state index contributed by atoms with van der Waals surface area (Å²) < 4.78 is 20.3. The Kier molecular flexibility index (Phi) is 8.93. The van der Waals surface area contributed by atoms with E-state index in [1.807, 2.05) is 0 Å². The van der Waals surface area contributed by atoms with Crippen LogP contribution >= 0.6 is 0 Å². The van der Waals surface area contributed by atoms with E-state index < -0.39 is 52.7 Å². The maximum Gasteiger partial charge on any atom is 0.430 e. The normalized spacial score (nSPS) is 16.3. The molecule has 2 aromatic carbocycles. The fourth-order valence-electron chi connectivity index (χ4n) is 3.59. The second-order valence-corrected chi connectivity index (χ2v) is 8.00. The zero-order chi connectivity index (χ0) is 28.7. The summed E-state index contributed by atoms with van der Waals surface area (Å²) >= 11 is 0. The first-order chi connectivity index (χ1) is 18.5. The number of hydrazine groups is 1. The van der Waals surface area contributed by atoms with Gasteiger partial charge in [0, 0.05) is 31.2 Å². The van der Waals surface area contributed by atoms with E-state index in [0.29, 0.717) is 21.1 Å². The van der Waals surface area contributed by atoms with Gasteiger partial charge in [0.15, 0.2) is 12.1 Å². The van der Waals surface area contributed by atoms with E-state index in [9.17, 15) is 39.4 Å². The van der Waals surface area contributed by atoms with Crippen molar-refractivity contribution in [2.75, 3.05) is 13.7 Å². The molecule has 1 aliphatic rings. The molecule has 16 nitrogen and oxygen atoms in total. The van der Waals surface area contributed by atoms with Gasteiger partial charge in [0.1, 0.15) is 13.2 Å². The summed E-state index contributed by atoms with van der Waals surface area (Å²) in [6.07, 6.45) is -3.65. The molecule has 0 aromatic heterocycles. The van der Waals surface area contributed by atoms with E-state index in [1.54, 1.807) is 0 Å². The van der Waals surface area contributed by atoms with Gasteiger partial charge < -0.3 is 18.9 Å². The fourth-order valence-corrected chi connectivity index (χ4v) is 3.59. The van der Waals surface area contributed by atoms with Gasteiger partial charge in [-0.3, -0.25) is 25.0 Å². The van der Waals surface area contributed by atoms with Crippen molar-refractivity contribution in [1.82, 2.24) is 10.0 Å². The smallest absolute Gasteiger partial charge is 0.430 e. The summed E-state index contributed by atoms with van der Waals surface area (Å²) in [7, 11) is 1.03. The second kappa shape index (κ2) is 12.3. The van der Waals surface area contributed by atoms with Crippen molar-refractivity contribution in [3.8, 4) is 0 Å². The molecule has 0 bridgehead atoms. The van der Waals surface area contributed by atoms with Crippen LogP contribution in [0.25, 0.3) is 0 Å². The first-order valence-electron chi connectivity index (χ1n) is 11.1. The minimum atomic E-state index is -1.60. The number of methoxy groups -OCH3 is 1. The average Bonchev–Trinajstić information content (AvgIpc) is 3.28. The summed E-state index contributed by atoms with van der Waals surface area (Å²) in [5.41, 5.74) is 0.409. The number of non-ortho nitro benzene ring substituents is 2. The van der Waals surface area contributed by atoms with Crippen LogP contribution in [0.1, 0.15) is 18.1 Å². The summed E-state index contributed by atoms with van der Waals surface area (Å²) in [5, 5.41) is 23.0. The van der Waals surface area contributed by atoms with E-state index in [4.69, 9.17) is 18.9 Å². The molecule has 0 N–H and O–H groups in total. The summed E-state index contributed by atoms with van der Waals surface area (Å²) in [4.78, 5) is 70.7. The second-order valence-electron chi connectivity index (χ2n) is 8.00. The zero-order valence-corrected chi connectivity index (χ0v) is 20.6. The predicted molar refractivity (Wildman–Crippen MR) is 126 cm³/mol. The van der Waals surface area contributed by atoms with Gasteiger partial charge in [-0.05, 0) is 35.4 Å². The van der Waals surface area contributed by atoms with Gasteiger partial charge in [-0.25, -0.2) is 19.4 Å². The number of carbonyl (C=O) groups is 4. The molecule has 1 aliphatic heterocycles. The highest BCUT2D eigenvalue weighted by Crippen LogP contribution is 2.26. The van der Waals surface area contributed by atoms with Crippen LogP contribution in [0.3, 0.4) is 0 Å². The third-order valence-corrected chi connectivity index (χ3v) is 5.41. The molecule has 1 saturated heterocycles. The number of benzene rings is 2. The van der Waals surface area contributed by atoms with Crippen LogP contribution in [0.5, 0.6) is 0 Å². The largest absolute Gasteiger partial charge is 0.467 e. The molecule has 16 heteroatoms. The molecule has 2 unspecified atom stereocenters. The van der Waals surface area contributed by atoms with E-state index in [0.717, 1.165) is 14.0 Å². The number of esters is 2. The molecule has 1 heterocycles. The molecule has 0 saturated carbocycles. The standard InChI is InChI=1S/C23H22N4O12/c1-14(28)39-19-11-24(22(30)37-12-15-3-7-17(8-4-15)26(32)33)25(20(19)21(29)36-2)23(31)38-13-16-5-9-18(10-6-16)27(34)35/h3-10,19-20H,11-13H2,1-2H3. The fraction of sp³-hybridized carbons (Fsp3) is 0.304. The van der Waals surface area contributed by atoms with Crippen LogP contribution in [0.4, 0.5) is 21.0 Å². The number of nitrogens with zero attached hydrogens (tertiary/aromatic N) is 4. The minimum Gasteiger partial charge on any atom is -0.467 e. The molecule has 2 amide bonds. The Balaban J connectivity index is 1.80. The van der Waals surface area contributed by atoms with Crippen molar-refractivity contribution in [3.05, 3.63) is 79.9 Å². The molecule has 0 radical (unpaired) electrons. The quantitative estimate of drug-likeness (QED) is 0.203. The van der Waals surface area contributed by atoms with Crippen LogP contribution in [0, 0.1) is 20.2 Å². The first-order valence-corrected chi connectivity index (χ1v) is 11.1. The molecule has 2 aromatic rings. The van der Waals surface area contributed by atoms with Crippen LogP contribution < -0.4 is 0 Å². The molecular weight excluding hydrogens is 524 g/mol. The van der Waals surface area contributed by atoms with Gasteiger partial charge in [0.05, 0.1) is 23.5 Å². The lowest BCUT2D eigenvalue weighted by Gasteiger charge is -2.29. The Hall–Kier alpha value is -5.28. The number of nitro benzene ring substituents is 2. The minimum absolute atomic E-state index is 0.170. The lowest BCUT2D eigenvalue weighted by atomic mass is 10.2. The molecule has 2 atom stereocenters. The lowest BCUT2D eigenvalue weighted by molar-refractivity contribution is -0.385. The predicted octanol–water partition coefficient (Wildman–Crippen LogP) is 2.48. The number of hydrogen-bond acceptors (Lipinski definition) is 12. The molecule has 0 aliphatic carbocycles. The Labute approximate surface area is 219 Å². The molecular formula is C23H22N4O12. The van der Waals surface area contributed by atoms with Crippen molar-refractivity contribution in [2.24, 2.45) is 0 Å². The van der Waals surface area contributed by atoms with Crippen LogP contribution in [-0.2, 0) is 41.8 Å². The number of amides is 2. The third kappa shape index (κ3) is 6.94. The number of hydrogen-bond donors (Lipinski definition) is 0. The van der Waals surface area contributed by atoms with Gasteiger partial charge in [0.25, 0.3) is 11.4 Å². The monoisotopic (exact) mass is 546 g/mol. The van der Waals surface area contributed by atoms with E-state index in [-0.39, 0.29) is 24.6 Å². The van der Waals surface area contributed by atoms with E-state index in [1.165, 1.54) is 48.5 Å². The Morgan fingerprint density at radius 2 is 1.31 bits per heavy atom. The summed E-state index contributed by atoms with van der Waals surface area (Å²) in [6.45, 7) is -0.127. The highest BCUT2D eigenvalue weighted by atomic mass is 16.6. The highest BCUT2D eigenvalue weighted by Gasteiger charge is 2.53. The molecule has 1 fully saturated rings. The van der Waals surface area contributed by atoms with Crippen molar-refractivity contribution in [2.45, 2.75) is 32.3 Å². The van der Waals surface area contributed by atoms with Crippen molar-refractivity contribution in [1.29, 1.82) is 0 Å². The zero-order valence-electron chi connectivity index (χ0n) is 20.6. The Morgan fingerprint density at radius 3 is 1.72 bits per heavy atom. The number of ether oxygens (including phenoxy) is 4. The number of nitro groups is 2. The third-order valence-electron chi connectivity index (χ3n) is 5.41. The van der Waals surface area contributed by atoms with Crippen molar-refractivity contribution < 1.29 is 48.0 Å². The summed E-state index contributed by atoms with van der Waals surface area (Å²) in [6, 6.07) is 8.67. The van der Waals surface area contributed by atoms with Crippen molar-refractivity contribution in [3.63, 3.8) is 0 Å². The van der Waals surface area contributed by atoms with Gasteiger partial charge in [-0.2, -0.15) is 5.01 Å². The maximum absolute atomic E-state index is 13.1. The summed E-state index contributed by atoms with van der Waals surface area (Å²) in [5.74, 6) is -1.81. The van der Waals surface area contributed by atoms with Crippen LogP contribution in [-0.4, -0.2) is 69.8 Å². The molecule has 39 heavy (non-hydrogen) atoms. The highest BCUT2D eigenvalue weighted by molar-refractivity contribution is 5.85. The molecule has 3 rings (SSSR count). The van der Waals surface area contributed by atoms with Crippen LogP contribution in [0.2, 0.25) is 0 Å². The van der Waals surface area contributed by atoms with Gasteiger partial charge in [-0.15, -0.1) is 0 Å². The maximum atomic E-state index is 13.1. The molecule has 206 valence electrons. The number of rotatable bonds is 8. The van der Waals surface area contributed by atoms with Crippen LogP contribution in [0.15, 0.2) is 48.5 Å².